The van der Waals surface area contributed by atoms with Gasteiger partial charge in [-0.3, -0.25) is 4.79 Å². The fourth-order valence-corrected chi connectivity index (χ4v) is 3.00. The van der Waals surface area contributed by atoms with Crippen LogP contribution in [0, 0.1) is 0 Å². The molecule has 20 heavy (non-hydrogen) atoms. The smallest absolute Gasteiger partial charge is 0.246 e. The zero-order valence-corrected chi connectivity index (χ0v) is 11.9. The maximum absolute atomic E-state index is 12.6. The zero-order valence-electron chi connectivity index (χ0n) is 11.9. The molecule has 2 N–H and O–H groups in total. The van der Waals surface area contributed by atoms with E-state index < -0.39 is 0 Å². The highest BCUT2D eigenvalue weighted by molar-refractivity contribution is 5.88. The molecule has 1 amide bonds. The Labute approximate surface area is 119 Å². The SMILES string of the molecule is CC1OCCC1N(C)C(=O)C1CNc2ccccc2N1. The molecule has 1 fully saturated rings. The second-order valence-corrected chi connectivity index (χ2v) is 5.50. The van der Waals surface area contributed by atoms with Gasteiger partial charge in [0.05, 0.1) is 23.5 Å². The Balaban J connectivity index is 1.69. The van der Waals surface area contributed by atoms with Crippen molar-refractivity contribution < 1.29 is 9.53 Å². The number of amides is 1. The zero-order chi connectivity index (χ0) is 14.1. The lowest BCUT2D eigenvalue weighted by molar-refractivity contribution is -0.133. The van der Waals surface area contributed by atoms with Gasteiger partial charge in [-0.1, -0.05) is 12.1 Å². The van der Waals surface area contributed by atoms with Crippen molar-refractivity contribution >= 4 is 17.3 Å². The molecule has 1 aromatic carbocycles. The summed E-state index contributed by atoms with van der Waals surface area (Å²) in [6.07, 6.45) is 1.04. The average Bonchev–Trinajstić information content (AvgIpc) is 2.91. The summed E-state index contributed by atoms with van der Waals surface area (Å²) in [5.74, 6) is 0.120. The predicted molar refractivity (Wildman–Crippen MR) is 78.9 cm³/mol. The van der Waals surface area contributed by atoms with Crippen LogP contribution in [0.4, 0.5) is 11.4 Å². The van der Waals surface area contributed by atoms with E-state index in [2.05, 4.69) is 10.6 Å². The van der Waals surface area contributed by atoms with Crippen LogP contribution in [0.25, 0.3) is 0 Å². The Morgan fingerprint density at radius 3 is 2.80 bits per heavy atom. The average molecular weight is 275 g/mol. The summed E-state index contributed by atoms with van der Waals surface area (Å²) in [5.41, 5.74) is 2.04. The molecule has 0 aromatic heterocycles. The van der Waals surface area contributed by atoms with E-state index in [9.17, 15) is 4.79 Å². The number of benzene rings is 1. The summed E-state index contributed by atoms with van der Waals surface area (Å²) in [6.45, 7) is 3.38. The summed E-state index contributed by atoms with van der Waals surface area (Å²) in [4.78, 5) is 14.4. The monoisotopic (exact) mass is 275 g/mol. The van der Waals surface area contributed by atoms with Gasteiger partial charge in [-0.05, 0) is 25.5 Å². The predicted octanol–water partition coefficient (Wildman–Crippen LogP) is 1.53. The number of fused-ring (bicyclic) bond motifs is 1. The molecule has 1 saturated heterocycles. The van der Waals surface area contributed by atoms with E-state index in [1.165, 1.54) is 0 Å². The van der Waals surface area contributed by atoms with E-state index >= 15 is 0 Å². The third-order valence-electron chi connectivity index (χ3n) is 4.23. The standard InChI is InChI=1S/C15H21N3O2/c1-10-14(7-8-20-10)18(2)15(19)13-9-16-11-5-3-4-6-12(11)17-13/h3-6,10,13-14,16-17H,7-9H2,1-2H3. The van der Waals surface area contributed by atoms with Crippen molar-refractivity contribution in [2.45, 2.75) is 31.5 Å². The van der Waals surface area contributed by atoms with Crippen LogP contribution >= 0.6 is 0 Å². The number of likely N-dealkylation sites (N-methyl/N-ethyl adjacent to an activating group) is 1. The van der Waals surface area contributed by atoms with Gasteiger partial charge >= 0.3 is 0 Å². The first-order valence-electron chi connectivity index (χ1n) is 7.14. The van der Waals surface area contributed by atoms with E-state index in [0.717, 1.165) is 24.4 Å². The molecule has 3 rings (SSSR count). The van der Waals surface area contributed by atoms with Gasteiger partial charge in [0.1, 0.15) is 6.04 Å². The molecule has 108 valence electrons. The van der Waals surface area contributed by atoms with Crippen molar-refractivity contribution in [1.29, 1.82) is 0 Å². The number of carbonyl (C=O) groups is 1. The molecule has 0 saturated carbocycles. The summed E-state index contributed by atoms with van der Waals surface area (Å²) in [6, 6.07) is 7.92. The lowest BCUT2D eigenvalue weighted by Gasteiger charge is -2.34. The van der Waals surface area contributed by atoms with Crippen LogP contribution in [-0.4, -0.2) is 49.2 Å². The minimum absolute atomic E-state index is 0.118. The molecule has 3 atom stereocenters. The van der Waals surface area contributed by atoms with Crippen molar-refractivity contribution in [1.82, 2.24) is 4.90 Å². The second kappa shape index (κ2) is 5.32. The first kappa shape index (κ1) is 13.2. The highest BCUT2D eigenvalue weighted by Crippen LogP contribution is 2.26. The van der Waals surface area contributed by atoms with E-state index in [1.807, 2.05) is 43.1 Å². The Kier molecular flexibility index (Phi) is 3.53. The molecule has 5 nitrogen and oxygen atoms in total. The van der Waals surface area contributed by atoms with Crippen molar-refractivity contribution in [2.24, 2.45) is 0 Å². The van der Waals surface area contributed by atoms with Crippen molar-refractivity contribution in [2.75, 3.05) is 30.8 Å². The van der Waals surface area contributed by atoms with Crippen LogP contribution in [0.5, 0.6) is 0 Å². The number of hydrogen-bond donors (Lipinski definition) is 2. The fraction of sp³-hybridized carbons (Fsp3) is 0.533. The van der Waals surface area contributed by atoms with Gasteiger partial charge in [0.15, 0.2) is 0 Å². The molecule has 0 spiro atoms. The van der Waals surface area contributed by atoms with Crippen LogP contribution in [0.15, 0.2) is 24.3 Å². The minimum atomic E-state index is -0.220. The maximum atomic E-state index is 12.6. The molecule has 3 unspecified atom stereocenters. The van der Waals surface area contributed by atoms with E-state index in [-0.39, 0.29) is 24.1 Å². The lowest BCUT2D eigenvalue weighted by Crippen LogP contribution is -2.51. The molecule has 2 heterocycles. The van der Waals surface area contributed by atoms with Crippen LogP contribution in [0.3, 0.4) is 0 Å². The molecule has 2 aliphatic rings. The number of nitrogens with zero attached hydrogens (tertiary/aromatic N) is 1. The quantitative estimate of drug-likeness (QED) is 0.859. The third kappa shape index (κ3) is 2.33. The topological polar surface area (TPSA) is 53.6 Å². The van der Waals surface area contributed by atoms with Crippen LogP contribution in [0.1, 0.15) is 13.3 Å². The van der Waals surface area contributed by atoms with Gasteiger partial charge in [-0.15, -0.1) is 0 Å². The first-order valence-corrected chi connectivity index (χ1v) is 7.14. The number of anilines is 2. The van der Waals surface area contributed by atoms with Gasteiger partial charge in [-0.25, -0.2) is 0 Å². The fourth-order valence-electron chi connectivity index (χ4n) is 3.00. The minimum Gasteiger partial charge on any atom is -0.381 e. The summed E-state index contributed by atoms with van der Waals surface area (Å²) >= 11 is 0. The Bertz CT molecular complexity index is 506. The van der Waals surface area contributed by atoms with E-state index in [1.54, 1.807) is 0 Å². The lowest BCUT2D eigenvalue weighted by atomic mass is 10.1. The van der Waals surface area contributed by atoms with Gasteiger partial charge in [0, 0.05) is 20.2 Å². The van der Waals surface area contributed by atoms with Crippen molar-refractivity contribution in [3.63, 3.8) is 0 Å². The second-order valence-electron chi connectivity index (χ2n) is 5.50. The molecule has 5 heteroatoms. The van der Waals surface area contributed by atoms with Gasteiger partial charge in [-0.2, -0.15) is 0 Å². The van der Waals surface area contributed by atoms with Crippen molar-refractivity contribution in [3.05, 3.63) is 24.3 Å². The first-order chi connectivity index (χ1) is 9.66. The maximum Gasteiger partial charge on any atom is 0.246 e. The van der Waals surface area contributed by atoms with E-state index in [0.29, 0.717) is 6.54 Å². The number of para-hydroxylation sites is 2. The number of rotatable bonds is 2. The van der Waals surface area contributed by atoms with Gasteiger partial charge in [0.25, 0.3) is 0 Å². The van der Waals surface area contributed by atoms with Crippen LogP contribution in [-0.2, 0) is 9.53 Å². The highest BCUT2D eigenvalue weighted by Gasteiger charge is 2.34. The third-order valence-corrected chi connectivity index (χ3v) is 4.23. The molecular formula is C15H21N3O2. The summed E-state index contributed by atoms with van der Waals surface area (Å²) < 4.78 is 5.55. The summed E-state index contributed by atoms with van der Waals surface area (Å²) in [7, 11) is 1.88. The number of hydrogen-bond acceptors (Lipinski definition) is 4. The van der Waals surface area contributed by atoms with Gasteiger partial charge in [0.2, 0.25) is 5.91 Å². The molecule has 2 aliphatic heterocycles. The number of carbonyl (C=O) groups excluding carboxylic acids is 1. The normalized spacial score (nSPS) is 28.2. The highest BCUT2D eigenvalue weighted by atomic mass is 16.5. The Morgan fingerprint density at radius 2 is 2.10 bits per heavy atom. The molecule has 0 radical (unpaired) electrons. The number of nitrogens with one attached hydrogen (secondary N) is 2. The van der Waals surface area contributed by atoms with Crippen LogP contribution < -0.4 is 10.6 Å². The number of ether oxygens (including phenoxy) is 1. The molecule has 0 aliphatic carbocycles. The van der Waals surface area contributed by atoms with E-state index in [4.69, 9.17) is 4.74 Å². The van der Waals surface area contributed by atoms with Crippen molar-refractivity contribution in [3.8, 4) is 0 Å². The Hall–Kier alpha value is -1.75. The largest absolute Gasteiger partial charge is 0.381 e. The van der Waals surface area contributed by atoms with Gasteiger partial charge < -0.3 is 20.3 Å². The molecule has 1 aromatic rings. The summed E-state index contributed by atoms with van der Waals surface area (Å²) in [5, 5.41) is 6.63. The van der Waals surface area contributed by atoms with Crippen LogP contribution in [0.2, 0.25) is 0 Å². The Morgan fingerprint density at radius 1 is 1.35 bits per heavy atom. The molecular weight excluding hydrogens is 254 g/mol. The molecule has 0 bridgehead atoms.